The quantitative estimate of drug-likeness (QED) is 0.850. The van der Waals surface area contributed by atoms with Crippen molar-refractivity contribution in [1.29, 1.82) is 0 Å². The van der Waals surface area contributed by atoms with E-state index in [9.17, 15) is 18.3 Å². The molecule has 3 atom stereocenters. The first-order chi connectivity index (χ1) is 11.8. The van der Waals surface area contributed by atoms with Crippen LogP contribution in [0.25, 0.3) is 5.69 Å². The number of benzene rings is 1. The van der Waals surface area contributed by atoms with Crippen molar-refractivity contribution < 1.29 is 23.0 Å². The van der Waals surface area contributed by atoms with E-state index in [-0.39, 0.29) is 0 Å². The van der Waals surface area contributed by atoms with Gasteiger partial charge in [0.15, 0.2) is 5.60 Å². The fourth-order valence-electron chi connectivity index (χ4n) is 3.17. The summed E-state index contributed by atoms with van der Waals surface area (Å²) >= 11 is 0. The molecule has 1 saturated heterocycles. The number of nitrogens with zero attached hydrogens (tertiary/aromatic N) is 4. The smallest absolute Gasteiger partial charge is 0.378 e. The minimum atomic E-state index is -4.73. The molecule has 6 nitrogen and oxygen atoms in total. The Hall–Kier alpha value is -1.97. The molecule has 3 heterocycles. The Balaban J connectivity index is 1.50. The fourth-order valence-corrected chi connectivity index (χ4v) is 3.17. The van der Waals surface area contributed by atoms with Crippen LogP contribution in [0.1, 0.15) is 18.3 Å². The standard InChI is InChI=1S/C16H17F3N4O2/c1-15(24,16(17,18)19)13-14(25-13)22-8-7-12-11(9-22)20-21-23(12)10-5-3-2-4-6-10/h2-6,13-14,24H,7-9H2,1H3/t13?,14?,15-/m1/s1. The van der Waals surface area contributed by atoms with Crippen LogP contribution in [0, 0.1) is 0 Å². The Morgan fingerprint density at radius 3 is 2.64 bits per heavy atom. The van der Waals surface area contributed by atoms with Crippen LogP contribution in [0.2, 0.25) is 0 Å². The van der Waals surface area contributed by atoms with E-state index in [2.05, 4.69) is 10.3 Å². The molecule has 2 aliphatic heterocycles. The van der Waals surface area contributed by atoms with Gasteiger partial charge in [-0.1, -0.05) is 23.4 Å². The summed E-state index contributed by atoms with van der Waals surface area (Å²) < 4.78 is 45.7. The zero-order chi connectivity index (χ0) is 17.8. The second kappa shape index (κ2) is 5.52. The third-order valence-corrected chi connectivity index (χ3v) is 4.79. The van der Waals surface area contributed by atoms with Crippen molar-refractivity contribution in [2.45, 2.75) is 44.0 Å². The van der Waals surface area contributed by atoms with Crippen molar-refractivity contribution in [1.82, 2.24) is 19.9 Å². The van der Waals surface area contributed by atoms with Gasteiger partial charge in [-0.2, -0.15) is 13.2 Å². The highest BCUT2D eigenvalue weighted by Crippen LogP contribution is 2.44. The van der Waals surface area contributed by atoms with Gasteiger partial charge in [0.25, 0.3) is 0 Å². The van der Waals surface area contributed by atoms with Crippen molar-refractivity contribution in [3.63, 3.8) is 0 Å². The maximum atomic E-state index is 12.9. The molecule has 1 N–H and O–H groups in total. The molecule has 0 bridgehead atoms. The van der Waals surface area contributed by atoms with Gasteiger partial charge in [0.2, 0.25) is 0 Å². The number of aromatic nitrogens is 3. The van der Waals surface area contributed by atoms with Gasteiger partial charge in [0.1, 0.15) is 18.0 Å². The van der Waals surface area contributed by atoms with Crippen LogP contribution >= 0.6 is 0 Å². The molecular weight excluding hydrogens is 337 g/mol. The van der Waals surface area contributed by atoms with Crippen LogP contribution in [0.5, 0.6) is 0 Å². The number of epoxide rings is 1. The molecule has 1 aromatic heterocycles. The molecule has 134 valence electrons. The Kier molecular flexibility index (Phi) is 3.64. The molecule has 9 heteroatoms. The minimum absolute atomic E-state index is 0.345. The van der Waals surface area contributed by atoms with Crippen molar-refractivity contribution in [2.24, 2.45) is 0 Å². The predicted octanol–water partition coefficient (Wildman–Crippen LogP) is 1.66. The van der Waals surface area contributed by atoms with E-state index in [0.29, 0.717) is 19.5 Å². The van der Waals surface area contributed by atoms with Crippen LogP contribution in [0.3, 0.4) is 0 Å². The lowest BCUT2D eigenvalue weighted by molar-refractivity contribution is -0.259. The largest absolute Gasteiger partial charge is 0.419 e. The van der Waals surface area contributed by atoms with Crippen molar-refractivity contribution >= 4 is 0 Å². The van der Waals surface area contributed by atoms with Crippen LogP contribution in [0.4, 0.5) is 13.2 Å². The SMILES string of the molecule is C[C@@](O)(C1OC1N1CCc2c(nnn2-c2ccccc2)C1)C(F)(F)F. The molecule has 2 aliphatic rings. The van der Waals surface area contributed by atoms with E-state index in [1.54, 1.807) is 9.58 Å². The number of hydrogen-bond donors (Lipinski definition) is 1. The molecule has 0 aliphatic carbocycles. The molecule has 0 radical (unpaired) electrons. The number of halogens is 3. The van der Waals surface area contributed by atoms with Gasteiger partial charge in [-0.15, -0.1) is 5.10 Å². The summed E-state index contributed by atoms with van der Waals surface area (Å²) in [4.78, 5) is 1.76. The van der Waals surface area contributed by atoms with Gasteiger partial charge in [0.05, 0.1) is 11.4 Å². The molecule has 0 amide bonds. The summed E-state index contributed by atoms with van der Waals surface area (Å²) in [6, 6.07) is 9.55. The number of ether oxygens (including phenoxy) is 1. The van der Waals surface area contributed by atoms with E-state index >= 15 is 0 Å². The molecule has 0 spiro atoms. The number of para-hydroxylation sites is 1. The second-order valence-corrected chi connectivity index (χ2v) is 6.54. The molecule has 1 fully saturated rings. The van der Waals surface area contributed by atoms with E-state index in [0.717, 1.165) is 24.0 Å². The minimum Gasteiger partial charge on any atom is -0.378 e. The maximum Gasteiger partial charge on any atom is 0.419 e. The van der Waals surface area contributed by atoms with Gasteiger partial charge in [-0.3, -0.25) is 4.90 Å². The normalized spacial score (nSPS) is 26.1. The van der Waals surface area contributed by atoms with Gasteiger partial charge in [-0.25, -0.2) is 4.68 Å². The maximum absolute atomic E-state index is 12.9. The first kappa shape index (κ1) is 16.5. The van der Waals surface area contributed by atoms with E-state index in [4.69, 9.17) is 4.74 Å². The molecular formula is C16H17F3N4O2. The van der Waals surface area contributed by atoms with E-state index in [1.165, 1.54) is 0 Å². The van der Waals surface area contributed by atoms with Gasteiger partial charge in [-0.05, 0) is 19.1 Å². The summed E-state index contributed by atoms with van der Waals surface area (Å²) in [6.07, 6.45) is -6.17. The highest BCUT2D eigenvalue weighted by molar-refractivity contribution is 5.34. The summed E-state index contributed by atoms with van der Waals surface area (Å²) in [5, 5.41) is 18.1. The van der Waals surface area contributed by atoms with Gasteiger partial charge >= 0.3 is 6.18 Å². The zero-order valence-corrected chi connectivity index (χ0v) is 13.4. The van der Waals surface area contributed by atoms with E-state index < -0.39 is 24.1 Å². The van der Waals surface area contributed by atoms with Crippen molar-refractivity contribution in [3.8, 4) is 5.69 Å². The topological polar surface area (TPSA) is 66.7 Å². The number of hydrogen-bond acceptors (Lipinski definition) is 5. The first-order valence-corrected chi connectivity index (χ1v) is 7.96. The monoisotopic (exact) mass is 354 g/mol. The van der Waals surface area contributed by atoms with Crippen LogP contribution in [-0.2, 0) is 17.7 Å². The number of rotatable bonds is 3. The second-order valence-electron chi connectivity index (χ2n) is 6.54. The molecule has 4 rings (SSSR count). The average Bonchev–Trinajstić information content (AvgIpc) is 3.28. The zero-order valence-electron chi connectivity index (χ0n) is 13.4. The first-order valence-electron chi connectivity index (χ1n) is 7.96. The lowest BCUT2D eigenvalue weighted by atomic mass is 10.0. The van der Waals surface area contributed by atoms with Gasteiger partial charge < -0.3 is 9.84 Å². The van der Waals surface area contributed by atoms with Crippen LogP contribution < -0.4 is 0 Å². The van der Waals surface area contributed by atoms with E-state index in [1.807, 2.05) is 30.3 Å². The Bertz CT molecular complexity index is 775. The Morgan fingerprint density at radius 1 is 1.24 bits per heavy atom. The van der Waals surface area contributed by atoms with Gasteiger partial charge in [0, 0.05) is 19.5 Å². The predicted molar refractivity (Wildman–Crippen MR) is 80.8 cm³/mol. The fraction of sp³-hybridized carbons (Fsp3) is 0.500. The van der Waals surface area contributed by atoms with Crippen LogP contribution in [-0.4, -0.2) is 55.7 Å². The van der Waals surface area contributed by atoms with Crippen molar-refractivity contribution in [2.75, 3.05) is 6.54 Å². The summed E-state index contributed by atoms with van der Waals surface area (Å²) in [5.41, 5.74) is -0.303. The lowest BCUT2D eigenvalue weighted by Crippen LogP contribution is -2.49. The molecule has 2 aromatic rings. The summed E-state index contributed by atoms with van der Waals surface area (Å²) in [6.45, 7) is 1.61. The summed E-state index contributed by atoms with van der Waals surface area (Å²) in [7, 11) is 0. The third-order valence-electron chi connectivity index (χ3n) is 4.79. The molecule has 25 heavy (non-hydrogen) atoms. The third kappa shape index (κ3) is 2.72. The highest BCUT2D eigenvalue weighted by Gasteiger charge is 2.66. The molecule has 2 unspecified atom stereocenters. The number of fused-ring (bicyclic) bond motifs is 1. The Morgan fingerprint density at radius 2 is 1.96 bits per heavy atom. The Labute approximate surface area is 141 Å². The highest BCUT2D eigenvalue weighted by atomic mass is 19.4. The molecule has 0 saturated carbocycles. The van der Waals surface area contributed by atoms with Crippen molar-refractivity contribution in [3.05, 3.63) is 41.7 Å². The average molecular weight is 354 g/mol. The summed E-state index contributed by atoms with van der Waals surface area (Å²) in [5.74, 6) is 0. The number of aliphatic hydroxyl groups is 1. The van der Waals surface area contributed by atoms with Crippen LogP contribution in [0.15, 0.2) is 30.3 Å². The lowest BCUT2D eigenvalue weighted by Gasteiger charge is -2.28. The molecule has 1 aromatic carbocycles. The number of alkyl halides is 3.